The van der Waals surface area contributed by atoms with E-state index in [1.54, 1.807) is 0 Å². The van der Waals surface area contributed by atoms with Gasteiger partial charge in [-0.25, -0.2) is 4.39 Å². The van der Waals surface area contributed by atoms with Gasteiger partial charge in [0.2, 0.25) is 0 Å². The van der Waals surface area contributed by atoms with Gasteiger partial charge in [-0.1, -0.05) is 35.8 Å². The normalized spacial score (nSPS) is 26.6. The number of aliphatic hydroxyl groups is 1. The molecule has 94 valence electrons. The summed E-state index contributed by atoms with van der Waals surface area (Å²) in [5.41, 5.74) is 1.10. The molecule has 0 aromatic heterocycles. The second kappa shape index (κ2) is 4.69. The van der Waals surface area contributed by atoms with E-state index in [0.29, 0.717) is 5.92 Å². The third-order valence-electron chi connectivity index (χ3n) is 4.47. The Hall–Kier alpha value is -0.410. The first-order chi connectivity index (χ1) is 8.05. The summed E-state index contributed by atoms with van der Waals surface area (Å²) in [6, 6.07) is 4.85. The van der Waals surface area contributed by atoms with E-state index < -0.39 is 0 Å². The largest absolute Gasteiger partial charge is 0.393 e. The number of hydrogen-bond acceptors (Lipinski definition) is 1. The van der Waals surface area contributed by atoms with Crippen LogP contribution in [0.15, 0.2) is 22.7 Å². The van der Waals surface area contributed by atoms with E-state index in [4.69, 9.17) is 0 Å². The van der Waals surface area contributed by atoms with Gasteiger partial charge in [0.1, 0.15) is 5.82 Å². The lowest BCUT2D eigenvalue weighted by Gasteiger charge is -2.54. The molecule has 2 unspecified atom stereocenters. The van der Waals surface area contributed by atoms with E-state index in [1.807, 2.05) is 6.07 Å². The second-order valence-corrected chi connectivity index (χ2v) is 5.76. The van der Waals surface area contributed by atoms with Crippen molar-refractivity contribution in [2.75, 3.05) is 0 Å². The summed E-state index contributed by atoms with van der Waals surface area (Å²) in [5, 5.41) is 10.0. The molecule has 1 nitrogen and oxygen atoms in total. The van der Waals surface area contributed by atoms with Crippen molar-refractivity contribution in [1.82, 2.24) is 0 Å². The van der Waals surface area contributed by atoms with Crippen LogP contribution in [0.4, 0.5) is 4.39 Å². The quantitative estimate of drug-likeness (QED) is 0.885. The molecule has 0 saturated heterocycles. The minimum Gasteiger partial charge on any atom is -0.393 e. The molecule has 0 bridgehead atoms. The molecule has 0 amide bonds. The van der Waals surface area contributed by atoms with Crippen LogP contribution in [0.3, 0.4) is 0 Å². The highest BCUT2D eigenvalue weighted by Gasteiger charge is 2.52. The standard InChI is InChI=1S/C14H18BrFO/c1-3-14(4-2)11(8-13(14)17)10-6-5-9(16)7-12(10)15/h5-7,11,13,17H,3-4,8H2,1-2H3. The zero-order valence-corrected chi connectivity index (χ0v) is 11.8. The first kappa shape index (κ1) is 13.0. The number of rotatable bonds is 3. The minimum absolute atomic E-state index is 0.0274. The highest BCUT2D eigenvalue weighted by molar-refractivity contribution is 9.10. The summed E-state index contributed by atoms with van der Waals surface area (Å²) in [7, 11) is 0. The average Bonchev–Trinajstić information content (AvgIpc) is 2.29. The Kier molecular flexibility index (Phi) is 3.60. The lowest BCUT2D eigenvalue weighted by molar-refractivity contribution is -0.0934. The Labute approximate surface area is 110 Å². The third kappa shape index (κ3) is 1.93. The summed E-state index contributed by atoms with van der Waals surface area (Å²) in [6.07, 6.45) is 2.48. The smallest absolute Gasteiger partial charge is 0.124 e. The summed E-state index contributed by atoms with van der Waals surface area (Å²) in [4.78, 5) is 0. The van der Waals surface area contributed by atoms with E-state index >= 15 is 0 Å². The number of hydrogen-bond donors (Lipinski definition) is 1. The lowest BCUT2D eigenvalue weighted by Crippen LogP contribution is -2.51. The molecular weight excluding hydrogens is 283 g/mol. The zero-order chi connectivity index (χ0) is 12.6. The van der Waals surface area contributed by atoms with Crippen molar-refractivity contribution in [1.29, 1.82) is 0 Å². The molecule has 1 saturated carbocycles. The van der Waals surface area contributed by atoms with Crippen LogP contribution in [-0.2, 0) is 0 Å². The van der Waals surface area contributed by atoms with Gasteiger partial charge in [-0.2, -0.15) is 0 Å². The molecule has 0 radical (unpaired) electrons. The van der Waals surface area contributed by atoms with Crippen LogP contribution in [0, 0.1) is 11.2 Å². The van der Waals surface area contributed by atoms with Crippen LogP contribution in [-0.4, -0.2) is 11.2 Å². The first-order valence-corrected chi connectivity index (χ1v) is 6.97. The van der Waals surface area contributed by atoms with Crippen LogP contribution in [0.1, 0.15) is 44.6 Å². The molecule has 0 spiro atoms. The molecule has 1 aromatic rings. The van der Waals surface area contributed by atoms with Crippen LogP contribution >= 0.6 is 15.9 Å². The molecule has 2 rings (SSSR count). The molecule has 1 aliphatic rings. The fraction of sp³-hybridized carbons (Fsp3) is 0.571. The Balaban J connectivity index is 2.35. The maximum absolute atomic E-state index is 13.1. The summed E-state index contributed by atoms with van der Waals surface area (Å²) >= 11 is 3.43. The van der Waals surface area contributed by atoms with E-state index in [2.05, 4.69) is 29.8 Å². The van der Waals surface area contributed by atoms with Gasteiger partial charge < -0.3 is 5.11 Å². The summed E-state index contributed by atoms with van der Waals surface area (Å²) < 4.78 is 13.9. The maximum atomic E-state index is 13.1. The van der Waals surface area contributed by atoms with E-state index in [9.17, 15) is 9.50 Å². The molecule has 1 N–H and O–H groups in total. The van der Waals surface area contributed by atoms with Crippen molar-refractivity contribution in [2.24, 2.45) is 5.41 Å². The van der Waals surface area contributed by atoms with Gasteiger partial charge in [-0.05, 0) is 42.9 Å². The third-order valence-corrected chi connectivity index (χ3v) is 5.16. The van der Waals surface area contributed by atoms with E-state index in [-0.39, 0.29) is 17.3 Å². The minimum atomic E-state index is -0.223. The van der Waals surface area contributed by atoms with Crippen molar-refractivity contribution < 1.29 is 9.50 Å². The Morgan fingerprint density at radius 1 is 1.41 bits per heavy atom. The molecule has 1 aromatic carbocycles. The Bertz CT molecular complexity index is 415. The van der Waals surface area contributed by atoms with Crippen molar-refractivity contribution >= 4 is 15.9 Å². The van der Waals surface area contributed by atoms with Crippen molar-refractivity contribution in [2.45, 2.75) is 45.1 Å². The van der Waals surface area contributed by atoms with Gasteiger partial charge in [0, 0.05) is 9.89 Å². The Morgan fingerprint density at radius 2 is 2.06 bits per heavy atom. The lowest BCUT2D eigenvalue weighted by atomic mass is 9.53. The molecule has 1 fully saturated rings. The highest BCUT2D eigenvalue weighted by atomic mass is 79.9. The van der Waals surface area contributed by atoms with Crippen LogP contribution in [0.2, 0.25) is 0 Å². The number of aliphatic hydroxyl groups excluding tert-OH is 1. The monoisotopic (exact) mass is 300 g/mol. The van der Waals surface area contributed by atoms with E-state index in [0.717, 1.165) is 29.3 Å². The van der Waals surface area contributed by atoms with Crippen LogP contribution in [0.5, 0.6) is 0 Å². The van der Waals surface area contributed by atoms with Crippen molar-refractivity contribution in [3.05, 3.63) is 34.1 Å². The van der Waals surface area contributed by atoms with Crippen LogP contribution in [0.25, 0.3) is 0 Å². The van der Waals surface area contributed by atoms with Crippen molar-refractivity contribution in [3.63, 3.8) is 0 Å². The maximum Gasteiger partial charge on any atom is 0.124 e. The Morgan fingerprint density at radius 3 is 2.53 bits per heavy atom. The summed E-state index contributed by atoms with van der Waals surface area (Å²) in [5.74, 6) is 0.113. The predicted molar refractivity (Wildman–Crippen MR) is 70.5 cm³/mol. The molecule has 2 atom stereocenters. The van der Waals surface area contributed by atoms with Gasteiger partial charge in [-0.3, -0.25) is 0 Å². The fourth-order valence-corrected chi connectivity index (χ4v) is 3.83. The molecular formula is C14H18BrFO. The zero-order valence-electron chi connectivity index (χ0n) is 10.2. The van der Waals surface area contributed by atoms with Gasteiger partial charge in [0.25, 0.3) is 0 Å². The molecule has 1 aliphatic carbocycles. The van der Waals surface area contributed by atoms with E-state index in [1.165, 1.54) is 12.1 Å². The second-order valence-electron chi connectivity index (χ2n) is 4.91. The number of halogens is 2. The average molecular weight is 301 g/mol. The van der Waals surface area contributed by atoms with Gasteiger partial charge in [-0.15, -0.1) is 0 Å². The molecule has 0 heterocycles. The SMILES string of the molecule is CCC1(CC)C(O)CC1c1ccc(F)cc1Br. The van der Waals surface area contributed by atoms with Crippen molar-refractivity contribution in [3.8, 4) is 0 Å². The predicted octanol–water partition coefficient (Wildman–Crippen LogP) is 4.24. The van der Waals surface area contributed by atoms with Gasteiger partial charge >= 0.3 is 0 Å². The molecule has 0 aliphatic heterocycles. The summed E-state index contributed by atoms with van der Waals surface area (Å²) in [6.45, 7) is 4.24. The van der Waals surface area contributed by atoms with Gasteiger partial charge in [0.05, 0.1) is 6.10 Å². The number of benzene rings is 1. The first-order valence-electron chi connectivity index (χ1n) is 6.18. The molecule has 3 heteroatoms. The highest BCUT2D eigenvalue weighted by Crippen LogP contribution is 2.58. The molecule has 17 heavy (non-hydrogen) atoms. The van der Waals surface area contributed by atoms with Gasteiger partial charge in [0.15, 0.2) is 0 Å². The van der Waals surface area contributed by atoms with Crippen LogP contribution < -0.4 is 0 Å². The fourth-order valence-electron chi connectivity index (χ4n) is 3.20. The topological polar surface area (TPSA) is 20.2 Å².